The Labute approximate surface area is 140 Å². The van der Waals surface area contributed by atoms with Crippen molar-refractivity contribution in [2.24, 2.45) is 5.92 Å². The molecule has 1 amide bonds. The third-order valence-corrected chi connectivity index (χ3v) is 5.09. The molecular formula is C17H22N4OS. The Bertz CT molecular complexity index is 677. The van der Waals surface area contributed by atoms with Crippen molar-refractivity contribution in [2.45, 2.75) is 33.1 Å². The number of hydrogen-bond acceptors (Lipinski definition) is 5. The second-order valence-electron chi connectivity index (χ2n) is 6.09. The molecule has 0 radical (unpaired) electrons. The van der Waals surface area contributed by atoms with Gasteiger partial charge in [-0.2, -0.15) is 0 Å². The van der Waals surface area contributed by atoms with E-state index in [0.29, 0.717) is 5.92 Å². The molecule has 0 atom stereocenters. The Morgan fingerprint density at radius 2 is 2.13 bits per heavy atom. The smallest absolute Gasteiger partial charge is 0.219 e. The molecule has 0 aliphatic carbocycles. The predicted molar refractivity (Wildman–Crippen MR) is 93.1 cm³/mol. The maximum Gasteiger partial charge on any atom is 0.219 e. The predicted octanol–water partition coefficient (Wildman–Crippen LogP) is 3.39. The Hall–Kier alpha value is -1.95. The Kier molecular flexibility index (Phi) is 4.91. The molecule has 1 aliphatic rings. The van der Waals surface area contributed by atoms with E-state index in [9.17, 15) is 4.79 Å². The summed E-state index contributed by atoms with van der Waals surface area (Å²) in [5.41, 5.74) is 2.12. The van der Waals surface area contributed by atoms with Crippen molar-refractivity contribution in [3.8, 4) is 0 Å². The van der Waals surface area contributed by atoms with Crippen molar-refractivity contribution in [2.75, 3.05) is 18.4 Å². The van der Waals surface area contributed by atoms with Crippen molar-refractivity contribution in [1.82, 2.24) is 14.9 Å². The number of rotatable bonds is 4. The summed E-state index contributed by atoms with van der Waals surface area (Å²) in [7, 11) is 0. The molecule has 0 spiro atoms. The summed E-state index contributed by atoms with van der Waals surface area (Å²) in [5, 5.41) is 6.17. The van der Waals surface area contributed by atoms with Gasteiger partial charge >= 0.3 is 0 Å². The van der Waals surface area contributed by atoms with Gasteiger partial charge in [-0.1, -0.05) is 6.07 Å². The highest BCUT2D eigenvalue weighted by Crippen LogP contribution is 2.23. The van der Waals surface area contributed by atoms with Gasteiger partial charge < -0.3 is 10.2 Å². The molecule has 1 fully saturated rings. The van der Waals surface area contributed by atoms with Crippen LogP contribution in [0.2, 0.25) is 0 Å². The number of aryl methyl sites for hydroxylation is 1. The highest BCUT2D eigenvalue weighted by molar-refractivity contribution is 7.13. The summed E-state index contributed by atoms with van der Waals surface area (Å²) in [6, 6.07) is 6.09. The summed E-state index contributed by atoms with van der Waals surface area (Å²) in [4.78, 5) is 22.4. The summed E-state index contributed by atoms with van der Waals surface area (Å²) in [5.74, 6) is 1.64. The number of anilines is 2. The molecule has 122 valence electrons. The van der Waals surface area contributed by atoms with Gasteiger partial charge in [0.25, 0.3) is 0 Å². The number of aromatic nitrogens is 2. The lowest BCUT2D eigenvalue weighted by Crippen LogP contribution is -2.37. The summed E-state index contributed by atoms with van der Waals surface area (Å²) < 4.78 is 0. The van der Waals surface area contributed by atoms with Gasteiger partial charge in [0.15, 0.2) is 5.13 Å². The maximum absolute atomic E-state index is 11.4. The van der Waals surface area contributed by atoms with Crippen molar-refractivity contribution in [3.05, 3.63) is 35.0 Å². The number of carbonyl (C=O) groups is 1. The van der Waals surface area contributed by atoms with Crippen LogP contribution in [0.25, 0.3) is 0 Å². The zero-order valence-electron chi connectivity index (χ0n) is 13.6. The first kappa shape index (κ1) is 15.9. The summed E-state index contributed by atoms with van der Waals surface area (Å²) >= 11 is 1.59. The van der Waals surface area contributed by atoms with E-state index in [1.54, 1.807) is 18.3 Å². The molecule has 5 nitrogen and oxygen atoms in total. The second-order valence-corrected chi connectivity index (χ2v) is 6.94. The first-order valence-electron chi connectivity index (χ1n) is 8.01. The number of pyridine rings is 1. The van der Waals surface area contributed by atoms with Crippen LogP contribution >= 0.6 is 11.3 Å². The van der Waals surface area contributed by atoms with Crippen LogP contribution in [0.3, 0.4) is 0 Å². The number of hydrogen-bond donors (Lipinski definition) is 1. The number of likely N-dealkylation sites (tertiary alicyclic amines) is 1. The molecule has 3 rings (SSSR count). The molecule has 1 saturated heterocycles. The molecular weight excluding hydrogens is 308 g/mol. The van der Waals surface area contributed by atoms with Gasteiger partial charge in [-0.05, 0) is 44.2 Å². The SMILES string of the molecule is CC(=O)N1CCC(Cc2cccc(Nc3nc(C)cs3)n2)CC1. The first-order chi connectivity index (χ1) is 11.1. The zero-order valence-corrected chi connectivity index (χ0v) is 14.4. The second kappa shape index (κ2) is 7.08. The van der Waals surface area contributed by atoms with Crippen LogP contribution in [0, 0.1) is 12.8 Å². The average molecular weight is 330 g/mol. The molecule has 0 aromatic carbocycles. The molecule has 0 unspecified atom stereocenters. The van der Waals surface area contributed by atoms with Gasteiger partial charge in [-0.25, -0.2) is 9.97 Å². The molecule has 3 heterocycles. The Balaban J connectivity index is 1.59. The number of thiazole rings is 1. The van der Waals surface area contributed by atoms with Crippen LogP contribution < -0.4 is 5.32 Å². The van der Waals surface area contributed by atoms with Crippen LogP contribution in [-0.4, -0.2) is 33.9 Å². The minimum atomic E-state index is 0.187. The zero-order chi connectivity index (χ0) is 16.2. The third-order valence-electron chi connectivity index (χ3n) is 4.22. The summed E-state index contributed by atoms with van der Waals surface area (Å²) in [6.07, 6.45) is 3.09. The molecule has 2 aromatic rings. The Morgan fingerprint density at radius 3 is 2.78 bits per heavy atom. The highest BCUT2D eigenvalue weighted by Gasteiger charge is 2.21. The van der Waals surface area contributed by atoms with E-state index in [4.69, 9.17) is 4.98 Å². The highest BCUT2D eigenvalue weighted by atomic mass is 32.1. The van der Waals surface area contributed by atoms with E-state index < -0.39 is 0 Å². The molecule has 0 saturated carbocycles. The van der Waals surface area contributed by atoms with Crippen LogP contribution in [0.4, 0.5) is 10.9 Å². The van der Waals surface area contributed by atoms with Crippen molar-refractivity contribution < 1.29 is 4.79 Å². The standard InChI is InChI=1S/C17H22N4OS/c1-12-11-23-17(18-12)20-16-5-3-4-15(19-16)10-14-6-8-21(9-7-14)13(2)22/h3-5,11,14H,6-10H2,1-2H3,(H,18,19,20). The first-order valence-corrected chi connectivity index (χ1v) is 8.89. The fraction of sp³-hybridized carbons (Fsp3) is 0.471. The number of carbonyl (C=O) groups excluding carboxylic acids is 1. The van der Waals surface area contributed by atoms with E-state index in [2.05, 4.69) is 16.4 Å². The molecule has 1 N–H and O–H groups in total. The van der Waals surface area contributed by atoms with Crippen molar-refractivity contribution in [3.63, 3.8) is 0 Å². The Morgan fingerprint density at radius 1 is 1.35 bits per heavy atom. The van der Waals surface area contributed by atoms with E-state index in [1.165, 1.54) is 0 Å². The minimum absolute atomic E-state index is 0.187. The molecule has 6 heteroatoms. The quantitative estimate of drug-likeness (QED) is 0.933. The lowest BCUT2D eigenvalue weighted by Gasteiger charge is -2.31. The lowest BCUT2D eigenvalue weighted by molar-refractivity contribution is -0.130. The maximum atomic E-state index is 11.4. The van der Waals surface area contributed by atoms with Crippen LogP contribution in [-0.2, 0) is 11.2 Å². The fourth-order valence-electron chi connectivity index (χ4n) is 2.93. The van der Waals surface area contributed by atoms with Gasteiger partial charge in [0, 0.05) is 31.1 Å². The average Bonchev–Trinajstić information content (AvgIpc) is 2.93. The van der Waals surface area contributed by atoms with Crippen LogP contribution in [0.5, 0.6) is 0 Å². The number of piperidine rings is 1. The number of nitrogens with one attached hydrogen (secondary N) is 1. The fourth-order valence-corrected chi connectivity index (χ4v) is 3.63. The minimum Gasteiger partial charge on any atom is -0.343 e. The van der Waals surface area contributed by atoms with E-state index in [0.717, 1.165) is 54.7 Å². The van der Waals surface area contributed by atoms with Gasteiger partial charge in [-0.15, -0.1) is 11.3 Å². The van der Waals surface area contributed by atoms with Crippen molar-refractivity contribution >= 4 is 28.2 Å². The third kappa shape index (κ3) is 4.28. The normalized spacial score (nSPS) is 15.7. The lowest BCUT2D eigenvalue weighted by atomic mass is 9.92. The summed E-state index contributed by atoms with van der Waals surface area (Å²) in [6.45, 7) is 5.38. The molecule has 2 aromatic heterocycles. The number of nitrogens with zero attached hydrogens (tertiary/aromatic N) is 3. The van der Waals surface area contributed by atoms with Crippen LogP contribution in [0.15, 0.2) is 23.6 Å². The van der Waals surface area contributed by atoms with Gasteiger partial charge in [0.2, 0.25) is 5.91 Å². The van der Waals surface area contributed by atoms with Gasteiger partial charge in [0.1, 0.15) is 5.82 Å². The largest absolute Gasteiger partial charge is 0.343 e. The van der Waals surface area contributed by atoms with Gasteiger partial charge in [-0.3, -0.25) is 4.79 Å². The monoisotopic (exact) mass is 330 g/mol. The van der Waals surface area contributed by atoms with E-state index in [-0.39, 0.29) is 5.91 Å². The van der Waals surface area contributed by atoms with Gasteiger partial charge in [0.05, 0.1) is 5.69 Å². The van der Waals surface area contributed by atoms with Crippen molar-refractivity contribution in [1.29, 1.82) is 0 Å². The van der Waals surface area contributed by atoms with E-state index >= 15 is 0 Å². The molecule has 23 heavy (non-hydrogen) atoms. The molecule has 1 aliphatic heterocycles. The molecule has 0 bridgehead atoms. The topological polar surface area (TPSA) is 58.1 Å². The number of amides is 1. The van der Waals surface area contributed by atoms with Crippen LogP contribution in [0.1, 0.15) is 31.2 Å². The van der Waals surface area contributed by atoms with E-state index in [1.807, 2.05) is 29.3 Å².